The molecule has 0 amide bonds. The minimum atomic E-state index is 0.255. The molecule has 2 aliphatic carbocycles. The second-order valence-electron chi connectivity index (χ2n) is 7.17. The summed E-state index contributed by atoms with van der Waals surface area (Å²) >= 11 is 0. The predicted molar refractivity (Wildman–Crippen MR) is 78.0 cm³/mol. The highest BCUT2D eigenvalue weighted by molar-refractivity contribution is 5.47. The molecule has 1 heteroatoms. The topological polar surface area (TPSA) is 12.0 Å². The SMILES string of the molecule is CC(C)(C)c1ccc(NC(C2CC2)C2CC2)cc1. The molecule has 1 nitrogen and oxygen atoms in total. The molecule has 1 aromatic rings. The first-order chi connectivity index (χ1) is 8.54. The van der Waals surface area contributed by atoms with Gasteiger partial charge in [-0.3, -0.25) is 0 Å². The quantitative estimate of drug-likeness (QED) is 0.816. The van der Waals surface area contributed by atoms with Gasteiger partial charge < -0.3 is 5.32 Å². The third kappa shape index (κ3) is 2.71. The Morgan fingerprint density at radius 3 is 1.83 bits per heavy atom. The van der Waals surface area contributed by atoms with Crippen molar-refractivity contribution in [3.63, 3.8) is 0 Å². The van der Waals surface area contributed by atoms with Gasteiger partial charge in [-0.1, -0.05) is 32.9 Å². The van der Waals surface area contributed by atoms with Gasteiger partial charge in [-0.2, -0.15) is 0 Å². The Balaban J connectivity index is 1.68. The van der Waals surface area contributed by atoms with E-state index in [-0.39, 0.29) is 5.41 Å². The molecule has 0 aliphatic heterocycles. The largest absolute Gasteiger partial charge is 0.382 e. The Labute approximate surface area is 111 Å². The van der Waals surface area contributed by atoms with Crippen molar-refractivity contribution in [2.45, 2.75) is 57.9 Å². The molecule has 3 rings (SSSR count). The predicted octanol–water partition coefficient (Wildman–Crippen LogP) is 4.58. The molecule has 0 heterocycles. The van der Waals surface area contributed by atoms with Crippen LogP contribution in [0.25, 0.3) is 0 Å². The number of nitrogens with one attached hydrogen (secondary N) is 1. The second-order valence-corrected chi connectivity index (χ2v) is 7.17. The summed E-state index contributed by atoms with van der Waals surface area (Å²) in [6.45, 7) is 6.81. The van der Waals surface area contributed by atoms with Gasteiger partial charge in [0.15, 0.2) is 0 Å². The molecule has 1 N–H and O–H groups in total. The summed E-state index contributed by atoms with van der Waals surface area (Å²) in [6, 6.07) is 9.83. The molecular formula is C17H25N. The number of hydrogen-bond donors (Lipinski definition) is 1. The van der Waals surface area contributed by atoms with Crippen molar-refractivity contribution in [2.24, 2.45) is 11.8 Å². The molecule has 0 saturated heterocycles. The summed E-state index contributed by atoms with van der Waals surface area (Å²) in [5.41, 5.74) is 2.99. The normalized spacial score (nSPS) is 20.2. The van der Waals surface area contributed by atoms with Gasteiger partial charge in [0.2, 0.25) is 0 Å². The Bertz CT molecular complexity index is 392. The lowest BCUT2D eigenvalue weighted by Crippen LogP contribution is -2.24. The fourth-order valence-electron chi connectivity index (χ4n) is 2.79. The monoisotopic (exact) mass is 243 g/mol. The van der Waals surface area contributed by atoms with E-state index >= 15 is 0 Å². The van der Waals surface area contributed by atoms with Crippen molar-refractivity contribution in [1.82, 2.24) is 0 Å². The van der Waals surface area contributed by atoms with Crippen LogP contribution in [0.2, 0.25) is 0 Å². The van der Waals surface area contributed by atoms with Gasteiger partial charge in [0, 0.05) is 11.7 Å². The lowest BCUT2D eigenvalue weighted by Gasteiger charge is -2.22. The highest BCUT2D eigenvalue weighted by Crippen LogP contribution is 2.45. The first-order valence-corrected chi connectivity index (χ1v) is 7.41. The molecule has 2 saturated carbocycles. The van der Waals surface area contributed by atoms with Gasteiger partial charge in [0.05, 0.1) is 0 Å². The summed E-state index contributed by atoms with van der Waals surface area (Å²) in [6.07, 6.45) is 5.75. The minimum Gasteiger partial charge on any atom is -0.382 e. The molecule has 0 spiro atoms. The molecule has 0 bridgehead atoms. The molecule has 1 aromatic carbocycles. The van der Waals surface area contributed by atoms with Crippen LogP contribution in [-0.2, 0) is 5.41 Å². The minimum absolute atomic E-state index is 0.255. The molecular weight excluding hydrogens is 218 g/mol. The molecule has 0 unspecified atom stereocenters. The van der Waals surface area contributed by atoms with E-state index < -0.39 is 0 Å². The zero-order valence-corrected chi connectivity index (χ0v) is 11.9. The number of rotatable bonds is 4. The molecule has 98 valence electrons. The van der Waals surface area contributed by atoms with E-state index in [4.69, 9.17) is 0 Å². The van der Waals surface area contributed by atoms with Crippen molar-refractivity contribution < 1.29 is 0 Å². The fourth-order valence-corrected chi connectivity index (χ4v) is 2.79. The fraction of sp³-hybridized carbons (Fsp3) is 0.647. The van der Waals surface area contributed by atoms with Gasteiger partial charge in [-0.25, -0.2) is 0 Å². The van der Waals surface area contributed by atoms with Gasteiger partial charge in [-0.15, -0.1) is 0 Å². The van der Waals surface area contributed by atoms with E-state index in [1.807, 2.05) is 0 Å². The van der Waals surface area contributed by atoms with E-state index in [0.717, 1.165) is 17.9 Å². The van der Waals surface area contributed by atoms with E-state index in [1.165, 1.54) is 36.9 Å². The molecule has 0 atom stereocenters. The van der Waals surface area contributed by atoms with Crippen molar-refractivity contribution in [2.75, 3.05) is 5.32 Å². The second kappa shape index (κ2) is 4.29. The van der Waals surface area contributed by atoms with Gasteiger partial charge in [-0.05, 0) is 60.6 Å². The van der Waals surface area contributed by atoms with Crippen molar-refractivity contribution >= 4 is 5.69 Å². The first-order valence-electron chi connectivity index (χ1n) is 7.41. The van der Waals surface area contributed by atoms with Crippen LogP contribution in [0.4, 0.5) is 5.69 Å². The number of benzene rings is 1. The molecule has 0 radical (unpaired) electrons. The third-order valence-corrected chi connectivity index (χ3v) is 4.34. The average Bonchev–Trinajstić information content (AvgIpc) is 3.16. The first kappa shape index (κ1) is 12.1. The lowest BCUT2D eigenvalue weighted by molar-refractivity contribution is 0.567. The van der Waals surface area contributed by atoms with E-state index in [9.17, 15) is 0 Å². The Morgan fingerprint density at radius 1 is 0.944 bits per heavy atom. The summed E-state index contributed by atoms with van der Waals surface area (Å²) < 4.78 is 0. The van der Waals surface area contributed by atoms with Crippen molar-refractivity contribution in [1.29, 1.82) is 0 Å². The lowest BCUT2D eigenvalue weighted by atomic mass is 9.87. The third-order valence-electron chi connectivity index (χ3n) is 4.34. The Kier molecular flexibility index (Phi) is 2.88. The maximum atomic E-state index is 3.78. The van der Waals surface area contributed by atoms with Crippen LogP contribution >= 0.6 is 0 Å². The van der Waals surface area contributed by atoms with Crippen molar-refractivity contribution in [3.8, 4) is 0 Å². The molecule has 2 fully saturated rings. The van der Waals surface area contributed by atoms with Crippen LogP contribution in [0.3, 0.4) is 0 Å². The molecule has 2 aliphatic rings. The van der Waals surface area contributed by atoms with Gasteiger partial charge in [0.1, 0.15) is 0 Å². The van der Waals surface area contributed by atoms with Gasteiger partial charge >= 0.3 is 0 Å². The van der Waals surface area contributed by atoms with Crippen LogP contribution in [-0.4, -0.2) is 6.04 Å². The average molecular weight is 243 g/mol. The Hall–Kier alpha value is -0.980. The zero-order chi connectivity index (χ0) is 12.8. The smallest absolute Gasteiger partial charge is 0.0342 e. The molecule has 18 heavy (non-hydrogen) atoms. The van der Waals surface area contributed by atoms with Crippen molar-refractivity contribution in [3.05, 3.63) is 29.8 Å². The van der Waals surface area contributed by atoms with Crippen LogP contribution in [0.5, 0.6) is 0 Å². The highest BCUT2D eigenvalue weighted by atomic mass is 15.0. The van der Waals surface area contributed by atoms with Crippen LogP contribution in [0.1, 0.15) is 52.0 Å². The Morgan fingerprint density at radius 2 is 1.44 bits per heavy atom. The van der Waals surface area contributed by atoms with E-state index in [1.54, 1.807) is 0 Å². The maximum absolute atomic E-state index is 3.78. The standard InChI is InChI=1S/C17H25N/c1-17(2,3)14-8-10-15(11-9-14)18-16(12-4-5-12)13-6-7-13/h8-13,16,18H,4-7H2,1-3H3. The van der Waals surface area contributed by atoms with E-state index in [0.29, 0.717) is 0 Å². The highest BCUT2D eigenvalue weighted by Gasteiger charge is 2.41. The summed E-state index contributed by atoms with van der Waals surface area (Å²) in [4.78, 5) is 0. The number of hydrogen-bond acceptors (Lipinski definition) is 1. The zero-order valence-electron chi connectivity index (χ0n) is 11.9. The summed E-state index contributed by atoms with van der Waals surface area (Å²) in [7, 11) is 0. The summed E-state index contributed by atoms with van der Waals surface area (Å²) in [5.74, 6) is 1.92. The molecule has 0 aromatic heterocycles. The van der Waals surface area contributed by atoms with Crippen LogP contribution < -0.4 is 5.32 Å². The summed E-state index contributed by atoms with van der Waals surface area (Å²) in [5, 5.41) is 3.78. The van der Waals surface area contributed by atoms with Gasteiger partial charge in [0.25, 0.3) is 0 Å². The van der Waals surface area contributed by atoms with Crippen LogP contribution in [0, 0.1) is 11.8 Å². The maximum Gasteiger partial charge on any atom is 0.0342 e. The van der Waals surface area contributed by atoms with Crippen LogP contribution in [0.15, 0.2) is 24.3 Å². The number of anilines is 1. The van der Waals surface area contributed by atoms with E-state index in [2.05, 4.69) is 50.4 Å².